The lowest BCUT2D eigenvalue weighted by Gasteiger charge is -2.63. The summed E-state index contributed by atoms with van der Waals surface area (Å²) in [5, 5.41) is 6.86. The maximum absolute atomic E-state index is 13.8. The standard InChI is InChI=1S/C37H55N5O4S/c1-8-31-28(7)14-19-35(9-2,46-26(3)4)37(31,29-15-22-42(23-16-29)30-17-24-45-25-18-30)36(20-21-39-34(38)41-36)40-32-12-10-11-13-33(32)47(43,44)27(5)6/h10-15,19-21,26-27,30,40H,8-9,16-18,22-25H2,1-7H3,(H3,38,39,41)/t35-,36?,37-/m1/s1. The smallest absolute Gasteiger partial charge is 0.195 e. The van der Waals surface area contributed by atoms with Crippen molar-refractivity contribution in [3.05, 3.63) is 71.5 Å². The van der Waals surface area contributed by atoms with E-state index in [2.05, 4.69) is 73.4 Å². The first-order chi connectivity index (χ1) is 22.4. The molecule has 5 rings (SSSR count). The quantitative estimate of drug-likeness (QED) is 0.244. The number of anilines is 1. The maximum Gasteiger partial charge on any atom is 0.195 e. The second-order valence-corrected chi connectivity index (χ2v) is 16.3. The second-order valence-electron chi connectivity index (χ2n) is 13.8. The number of allylic oxidation sites excluding steroid dienone is 2. The first-order valence-electron chi connectivity index (χ1n) is 17.4. The van der Waals surface area contributed by atoms with Crippen molar-refractivity contribution in [2.45, 2.75) is 114 Å². The molecule has 1 fully saturated rings. The van der Waals surface area contributed by atoms with Crippen molar-refractivity contribution in [1.82, 2.24) is 10.2 Å². The molecule has 1 saturated heterocycles. The van der Waals surface area contributed by atoms with Gasteiger partial charge in [0.15, 0.2) is 15.8 Å². The van der Waals surface area contributed by atoms with Gasteiger partial charge in [0.1, 0.15) is 11.3 Å². The predicted molar refractivity (Wildman–Crippen MR) is 191 cm³/mol. The van der Waals surface area contributed by atoms with Crippen LogP contribution in [0.2, 0.25) is 0 Å². The molecule has 1 unspecified atom stereocenters. The van der Waals surface area contributed by atoms with Gasteiger partial charge in [-0.15, -0.1) is 0 Å². The topological polar surface area (TPSA) is 118 Å². The number of guanidine groups is 1. The molecule has 4 aliphatic rings. The Morgan fingerprint density at radius 1 is 1.15 bits per heavy atom. The number of ether oxygens (including phenoxy) is 2. The fourth-order valence-electron chi connectivity index (χ4n) is 8.47. The SMILES string of the molecule is CCC1=C(C)C=C[C@@](CC)(OC(C)C)[C@]1(C1=CCN(C2CCOCC2)CC1)C1(Nc2ccccc2S(=O)(=O)C(C)C)C=CN=C(N)N1. The predicted octanol–water partition coefficient (Wildman–Crippen LogP) is 6.08. The highest BCUT2D eigenvalue weighted by molar-refractivity contribution is 7.92. The lowest BCUT2D eigenvalue weighted by molar-refractivity contribution is -0.125. The summed E-state index contributed by atoms with van der Waals surface area (Å²) in [5.74, 6) is 0.251. The number of aliphatic imine (C=N–C) groups is 1. The Hall–Kier alpha value is -2.92. The first kappa shape index (κ1) is 35.4. The van der Waals surface area contributed by atoms with E-state index in [1.807, 2.05) is 18.2 Å². The summed E-state index contributed by atoms with van der Waals surface area (Å²) < 4.78 is 40.5. The van der Waals surface area contributed by atoms with Crippen LogP contribution in [0.3, 0.4) is 0 Å². The van der Waals surface area contributed by atoms with Crippen molar-refractivity contribution in [2.75, 3.05) is 31.6 Å². The first-order valence-corrected chi connectivity index (χ1v) is 18.9. The van der Waals surface area contributed by atoms with Crippen LogP contribution in [-0.4, -0.2) is 74.2 Å². The number of hydrogen-bond donors (Lipinski definition) is 3. The van der Waals surface area contributed by atoms with Crippen LogP contribution in [0.4, 0.5) is 5.69 Å². The van der Waals surface area contributed by atoms with E-state index in [0.717, 1.165) is 57.6 Å². The normalized spacial score (nSPS) is 29.2. The number of para-hydroxylation sites is 1. The highest BCUT2D eigenvalue weighted by Gasteiger charge is 2.67. The minimum Gasteiger partial charge on any atom is -0.381 e. The molecule has 1 aromatic rings. The molecular weight excluding hydrogens is 611 g/mol. The average Bonchev–Trinajstić information content (AvgIpc) is 3.05. The van der Waals surface area contributed by atoms with Crippen LogP contribution in [0.25, 0.3) is 0 Å². The van der Waals surface area contributed by atoms with E-state index < -0.39 is 31.8 Å². The summed E-state index contributed by atoms with van der Waals surface area (Å²) in [6.07, 6.45) is 14.8. The summed E-state index contributed by atoms with van der Waals surface area (Å²) in [6, 6.07) is 7.68. The van der Waals surface area contributed by atoms with E-state index in [1.54, 1.807) is 32.2 Å². The van der Waals surface area contributed by atoms with E-state index in [0.29, 0.717) is 18.2 Å². The van der Waals surface area contributed by atoms with Gasteiger partial charge in [0.2, 0.25) is 0 Å². The summed E-state index contributed by atoms with van der Waals surface area (Å²) >= 11 is 0. The molecule has 258 valence electrons. The lowest BCUT2D eigenvalue weighted by Crippen LogP contribution is -2.75. The van der Waals surface area contributed by atoms with Crippen molar-refractivity contribution >= 4 is 21.5 Å². The summed E-state index contributed by atoms with van der Waals surface area (Å²) in [5.41, 5.74) is 7.91. The third-order valence-corrected chi connectivity index (χ3v) is 12.7. The van der Waals surface area contributed by atoms with Gasteiger partial charge in [-0.2, -0.15) is 0 Å². The number of benzene rings is 1. The Bertz CT molecular complexity index is 1570. The zero-order valence-corrected chi connectivity index (χ0v) is 30.1. The molecule has 0 spiro atoms. The number of rotatable bonds is 11. The Morgan fingerprint density at radius 2 is 1.87 bits per heavy atom. The molecule has 0 bridgehead atoms. The number of nitrogens with two attached hydrogens (primary N) is 1. The van der Waals surface area contributed by atoms with Crippen molar-refractivity contribution in [2.24, 2.45) is 16.1 Å². The van der Waals surface area contributed by atoms with Gasteiger partial charge in [0, 0.05) is 38.5 Å². The second kappa shape index (κ2) is 13.9. The minimum absolute atomic E-state index is 0.0948. The van der Waals surface area contributed by atoms with Gasteiger partial charge in [-0.1, -0.05) is 55.4 Å². The van der Waals surface area contributed by atoms with E-state index >= 15 is 0 Å². The van der Waals surface area contributed by atoms with Crippen molar-refractivity contribution < 1.29 is 17.9 Å². The number of sulfone groups is 1. The largest absolute Gasteiger partial charge is 0.381 e. The summed E-state index contributed by atoms with van der Waals surface area (Å²) in [6.45, 7) is 17.5. The van der Waals surface area contributed by atoms with Crippen LogP contribution in [-0.2, 0) is 19.3 Å². The van der Waals surface area contributed by atoms with Gasteiger partial charge in [0.25, 0.3) is 0 Å². The van der Waals surface area contributed by atoms with Crippen LogP contribution in [0.5, 0.6) is 0 Å². The third kappa shape index (κ3) is 6.11. The molecule has 0 radical (unpaired) electrons. The van der Waals surface area contributed by atoms with Gasteiger partial charge in [-0.05, 0) is 90.5 Å². The van der Waals surface area contributed by atoms with Crippen LogP contribution in [0, 0.1) is 5.41 Å². The molecule has 0 saturated carbocycles. The Kier molecular flexibility index (Phi) is 10.5. The van der Waals surface area contributed by atoms with Gasteiger partial charge >= 0.3 is 0 Å². The van der Waals surface area contributed by atoms with E-state index in [1.165, 1.54) is 11.1 Å². The lowest BCUT2D eigenvalue weighted by atomic mass is 9.50. The summed E-state index contributed by atoms with van der Waals surface area (Å²) in [7, 11) is -3.64. The number of nitrogens with one attached hydrogen (secondary N) is 2. The van der Waals surface area contributed by atoms with E-state index in [9.17, 15) is 8.42 Å². The van der Waals surface area contributed by atoms with Crippen LogP contribution in [0.1, 0.15) is 80.6 Å². The molecule has 1 aromatic carbocycles. The highest BCUT2D eigenvalue weighted by Crippen LogP contribution is 2.62. The molecule has 1 aliphatic carbocycles. The van der Waals surface area contributed by atoms with Gasteiger partial charge in [0.05, 0.1) is 27.4 Å². The van der Waals surface area contributed by atoms with Crippen LogP contribution < -0.4 is 16.4 Å². The fourth-order valence-corrected chi connectivity index (χ4v) is 9.67. The number of hydrogen-bond acceptors (Lipinski definition) is 9. The highest BCUT2D eigenvalue weighted by atomic mass is 32.2. The van der Waals surface area contributed by atoms with Crippen LogP contribution in [0.15, 0.2) is 81.4 Å². The van der Waals surface area contributed by atoms with Gasteiger partial charge in [-0.25, -0.2) is 13.4 Å². The summed E-state index contributed by atoms with van der Waals surface area (Å²) in [4.78, 5) is 7.28. The molecule has 3 heterocycles. The Labute approximate surface area is 282 Å². The molecule has 0 aromatic heterocycles. The monoisotopic (exact) mass is 665 g/mol. The van der Waals surface area contributed by atoms with E-state index in [-0.39, 0.29) is 17.0 Å². The van der Waals surface area contributed by atoms with Gasteiger partial charge in [-0.3, -0.25) is 4.90 Å². The number of nitrogens with zero attached hydrogens (tertiary/aromatic N) is 2. The molecule has 0 amide bonds. The van der Waals surface area contributed by atoms with Crippen molar-refractivity contribution in [1.29, 1.82) is 0 Å². The molecule has 9 nitrogen and oxygen atoms in total. The third-order valence-electron chi connectivity index (χ3n) is 10.5. The minimum atomic E-state index is -3.64. The molecule has 4 N–H and O–H groups in total. The van der Waals surface area contributed by atoms with Crippen LogP contribution >= 0.6 is 0 Å². The van der Waals surface area contributed by atoms with E-state index in [4.69, 9.17) is 15.2 Å². The van der Waals surface area contributed by atoms with Gasteiger partial charge < -0.3 is 25.8 Å². The Morgan fingerprint density at radius 3 is 2.47 bits per heavy atom. The molecule has 10 heteroatoms. The zero-order valence-electron chi connectivity index (χ0n) is 29.3. The maximum atomic E-state index is 13.8. The van der Waals surface area contributed by atoms with Crippen molar-refractivity contribution in [3.63, 3.8) is 0 Å². The van der Waals surface area contributed by atoms with Crippen molar-refractivity contribution in [3.8, 4) is 0 Å². The average molecular weight is 666 g/mol. The molecular formula is C37H55N5O4S. The molecule has 3 atom stereocenters. The fraction of sp³-hybridized carbons (Fsp3) is 0.595. The zero-order chi connectivity index (χ0) is 34.0. The Balaban J connectivity index is 1.82. The molecule has 47 heavy (non-hydrogen) atoms. The molecule has 3 aliphatic heterocycles.